The van der Waals surface area contributed by atoms with Crippen molar-refractivity contribution in [2.75, 3.05) is 53.0 Å². The maximum absolute atomic E-state index is 13.4. The highest BCUT2D eigenvalue weighted by molar-refractivity contribution is 5.89. The topological polar surface area (TPSA) is 65.1 Å². The lowest BCUT2D eigenvalue weighted by Gasteiger charge is -2.32. The van der Waals surface area contributed by atoms with E-state index in [9.17, 15) is 9.59 Å². The van der Waals surface area contributed by atoms with Gasteiger partial charge >= 0.3 is 0 Å². The van der Waals surface area contributed by atoms with E-state index in [0.29, 0.717) is 32.0 Å². The van der Waals surface area contributed by atoms with Gasteiger partial charge in [-0.3, -0.25) is 14.5 Å². The number of methoxy groups -OCH3 is 1. The predicted molar refractivity (Wildman–Crippen MR) is 122 cm³/mol. The highest BCUT2D eigenvalue weighted by atomic mass is 16.5. The van der Waals surface area contributed by atoms with Crippen molar-refractivity contribution in [3.63, 3.8) is 0 Å². The van der Waals surface area contributed by atoms with Crippen molar-refractivity contribution in [1.82, 2.24) is 20.0 Å². The summed E-state index contributed by atoms with van der Waals surface area (Å²) in [5.74, 6) is 0.475. The Bertz CT molecular complexity index is 748. The zero-order chi connectivity index (χ0) is 22.4. The Morgan fingerprint density at radius 1 is 1.23 bits per heavy atom. The number of benzene rings is 1. The summed E-state index contributed by atoms with van der Waals surface area (Å²) < 4.78 is 5.12. The first-order valence-corrected chi connectivity index (χ1v) is 11.5. The number of aryl methyl sites for hydroxylation is 1. The fourth-order valence-electron chi connectivity index (χ4n) is 4.71. The molecular weight excluding hydrogens is 392 g/mol. The van der Waals surface area contributed by atoms with Crippen molar-refractivity contribution in [3.8, 4) is 0 Å². The summed E-state index contributed by atoms with van der Waals surface area (Å²) in [7, 11) is 1.53. The summed E-state index contributed by atoms with van der Waals surface area (Å²) >= 11 is 0. The number of carbonyl (C=O) groups is 2. The van der Waals surface area contributed by atoms with E-state index in [1.807, 2.05) is 4.90 Å². The fourth-order valence-corrected chi connectivity index (χ4v) is 4.71. The molecule has 172 valence electrons. The van der Waals surface area contributed by atoms with Crippen molar-refractivity contribution in [1.29, 1.82) is 0 Å². The van der Waals surface area contributed by atoms with Crippen LogP contribution >= 0.6 is 0 Å². The quantitative estimate of drug-likeness (QED) is 0.677. The minimum Gasteiger partial charge on any atom is -0.375 e. The third-order valence-electron chi connectivity index (χ3n) is 6.33. The lowest BCUT2D eigenvalue weighted by molar-refractivity contribution is -0.146. The van der Waals surface area contributed by atoms with Crippen LogP contribution in [-0.4, -0.2) is 91.6 Å². The number of ether oxygens (including phenoxy) is 1. The standard InChI is InChI=1S/C24H38N4O3/c1-18(2)14-27(15-20-8-6-5-7-19(20)3)21-13-22(28(16-21)23(29)17-31-4)24(30)26-11-9-25-10-12-26/h5-8,18,21-22,25H,9-17H2,1-4H3. The number of carbonyl (C=O) groups excluding carboxylic acids is 2. The molecule has 1 N–H and O–H groups in total. The Balaban J connectivity index is 1.81. The van der Waals surface area contributed by atoms with Gasteiger partial charge in [0.25, 0.3) is 0 Å². The molecule has 2 heterocycles. The molecular formula is C24H38N4O3. The average Bonchev–Trinajstić information content (AvgIpc) is 3.20. The Kier molecular flexibility index (Phi) is 8.46. The molecule has 7 nitrogen and oxygen atoms in total. The van der Waals surface area contributed by atoms with Gasteiger partial charge in [0.1, 0.15) is 12.6 Å². The number of amides is 2. The van der Waals surface area contributed by atoms with E-state index in [0.717, 1.165) is 26.2 Å². The molecule has 3 rings (SSSR count). The molecule has 0 bridgehead atoms. The summed E-state index contributed by atoms with van der Waals surface area (Å²) in [6.07, 6.45) is 0.677. The molecule has 31 heavy (non-hydrogen) atoms. The van der Waals surface area contributed by atoms with Crippen molar-refractivity contribution in [3.05, 3.63) is 35.4 Å². The third kappa shape index (κ3) is 6.05. The molecule has 2 atom stereocenters. The van der Waals surface area contributed by atoms with Crippen LogP contribution in [0.3, 0.4) is 0 Å². The Hall–Kier alpha value is -1.96. The van der Waals surface area contributed by atoms with Crippen molar-refractivity contribution >= 4 is 11.8 Å². The first-order valence-electron chi connectivity index (χ1n) is 11.5. The van der Waals surface area contributed by atoms with Crippen molar-refractivity contribution < 1.29 is 14.3 Å². The molecule has 2 aliphatic heterocycles. The highest BCUT2D eigenvalue weighted by Crippen LogP contribution is 2.27. The lowest BCUT2D eigenvalue weighted by Crippen LogP contribution is -2.53. The second-order valence-electron chi connectivity index (χ2n) is 9.21. The number of piperazine rings is 1. The summed E-state index contributed by atoms with van der Waals surface area (Å²) in [6.45, 7) is 11.9. The van der Waals surface area contributed by atoms with Crippen LogP contribution in [-0.2, 0) is 20.9 Å². The third-order valence-corrected chi connectivity index (χ3v) is 6.33. The second-order valence-corrected chi connectivity index (χ2v) is 9.21. The number of likely N-dealkylation sites (tertiary alicyclic amines) is 1. The molecule has 2 saturated heterocycles. The van der Waals surface area contributed by atoms with Gasteiger partial charge in [-0.25, -0.2) is 0 Å². The molecule has 0 saturated carbocycles. The molecule has 2 fully saturated rings. The van der Waals surface area contributed by atoms with Crippen LogP contribution in [0, 0.1) is 12.8 Å². The van der Waals surface area contributed by atoms with Crippen molar-refractivity contribution in [2.45, 2.75) is 45.8 Å². The van der Waals surface area contributed by atoms with E-state index in [1.165, 1.54) is 18.2 Å². The van der Waals surface area contributed by atoms with E-state index in [4.69, 9.17) is 4.74 Å². The van der Waals surface area contributed by atoms with E-state index >= 15 is 0 Å². The van der Waals surface area contributed by atoms with Gasteiger partial charge in [-0.15, -0.1) is 0 Å². The number of rotatable bonds is 8. The Morgan fingerprint density at radius 2 is 1.94 bits per heavy atom. The molecule has 2 aliphatic rings. The molecule has 0 radical (unpaired) electrons. The van der Waals surface area contributed by atoms with Gasteiger partial charge in [-0.2, -0.15) is 0 Å². The van der Waals surface area contributed by atoms with Crippen LogP contribution in [0.4, 0.5) is 0 Å². The van der Waals surface area contributed by atoms with E-state index in [1.54, 1.807) is 4.90 Å². The van der Waals surface area contributed by atoms with E-state index < -0.39 is 6.04 Å². The Morgan fingerprint density at radius 3 is 2.58 bits per heavy atom. The van der Waals surface area contributed by atoms with Gasteiger partial charge < -0.3 is 19.9 Å². The Labute approximate surface area is 186 Å². The number of hydrogen-bond donors (Lipinski definition) is 1. The van der Waals surface area contributed by atoms with Crippen molar-refractivity contribution in [2.24, 2.45) is 5.92 Å². The zero-order valence-electron chi connectivity index (χ0n) is 19.5. The summed E-state index contributed by atoms with van der Waals surface area (Å²) in [5, 5.41) is 3.29. The summed E-state index contributed by atoms with van der Waals surface area (Å²) in [5.41, 5.74) is 2.57. The van der Waals surface area contributed by atoms with Gasteiger partial charge in [-0.05, 0) is 30.4 Å². The molecule has 1 aromatic carbocycles. The van der Waals surface area contributed by atoms with Gasteiger partial charge in [-0.1, -0.05) is 38.1 Å². The van der Waals surface area contributed by atoms with Gasteiger partial charge in [0.2, 0.25) is 11.8 Å². The smallest absolute Gasteiger partial charge is 0.249 e. The van der Waals surface area contributed by atoms with Gasteiger partial charge in [0.15, 0.2) is 0 Å². The van der Waals surface area contributed by atoms with Crippen LogP contribution in [0.25, 0.3) is 0 Å². The molecule has 1 aromatic rings. The summed E-state index contributed by atoms with van der Waals surface area (Å²) in [6, 6.07) is 8.21. The SMILES string of the molecule is COCC(=O)N1CC(N(Cc2ccccc2C)CC(C)C)CC1C(=O)N1CCNCC1. The van der Waals surface area contributed by atoms with E-state index in [-0.39, 0.29) is 24.5 Å². The molecule has 0 aromatic heterocycles. The highest BCUT2D eigenvalue weighted by Gasteiger charge is 2.43. The zero-order valence-corrected chi connectivity index (χ0v) is 19.5. The summed E-state index contributed by atoms with van der Waals surface area (Å²) in [4.78, 5) is 32.4. The van der Waals surface area contributed by atoms with Crippen LogP contribution in [0.1, 0.15) is 31.4 Å². The second kappa shape index (κ2) is 11.1. The van der Waals surface area contributed by atoms with Crippen LogP contribution < -0.4 is 5.32 Å². The number of nitrogens with one attached hydrogen (secondary N) is 1. The normalized spacial score (nSPS) is 21.9. The molecule has 0 spiro atoms. The minimum atomic E-state index is -0.405. The fraction of sp³-hybridized carbons (Fsp3) is 0.667. The monoisotopic (exact) mass is 430 g/mol. The van der Waals surface area contributed by atoms with Crippen LogP contribution in [0.5, 0.6) is 0 Å². The van der Waals surface area contributed by atoms with E-state index in [2.05, 4.69) is 55.3 Å². The van der Waals surface area contributed by atoms with Crippen LogP contribution in [0.15, 0.2) is 24.3 Å². The largest absolute Gasteiger partial charge is 0.375 e. The molecule has 7 heteroatoms. The average molecular weight is 431 g/mol. The predicted octanol–water partition coefficient (Wildman–Crippen LogP) is 1.50. The van der Waals surface area contributed by atoms with Crippen LogP contribution in [0.2, 0.25) is 0 Å². The first kappa shape index (κ1) is 23.7. The number of nitrogens with zero attached hydrogens (tertiary/aromatic N) is 3. The lowest BCUT2D eigenvalue weighted by atomic mass is 10.0. The number of hydrogen-bond acceptors (Lipinski definition) is 5. The van der Waals surface area contributed by atoms with Gasteiger partial charge in [0.05, 0.1) is 0 Å². The molecule has 2 unspecified atom stereocenters. The molecule has 2 amide bonds. The van der Waals surface area contributed by atoms with Gasteiger partial charge in [0, 0.05) is 59.0 Å². The maximum atomic E-state index is 13.4. The maximum Gasteiger partial charge on any atom is 0.249 e. The molecule has 0 aliphatic carbocycles. The first-order chi connectivity index (χ1) is 14.9. The minimum absolute atomic E-state index is 0.0139.